The van der Waals surface area contributed by atoms with Gasteiger partial charge in [-0.25, -0.2) is 0 Å². The number of hydrogen-bond donors (Lipinski definition) is 0. The van der Waals surface area contributed by atoms with E-state index in [9.17, 15) is 0 Å². The zero-order valence-electron chi connectivity index (χ0n) is 11.2. The van der Waals surface area contributed by atoms with Crippen LogP contribution in [0.1, 0.15) is 58.8 Å². The third-order valence-electron chi connectivity index (χ3n) is 2.98. The summed E-state index contributed by atoms with van der Waals surface area (Å²) in [6, 6.07) is 10.8. The van der Waals surface area contributed by atoms with Crippen LogP contribution in [0.5, 0.6) is 5.75 Å². The summed E-state index contributed by atoms with van der Waals surface area (Å²) < 4.78 is 6.02. The van der Waals surface area contributed by atoms with E-state index in [0.29, 0.717) is 6.10 Å². The maximum Gasteiger partial charge on any atom is 0.119 e. The highest BCUT2D eigenvalue weighted by Crippen LogP contribution is 2.17. The molecule has 1 aromatic carbocycles. The van der Waals surface area contributed by atoms with E-state index in [0.717, 1.165) is 12.2 Å². The summed E-state index contributed by atoms with van der Waals surface area (Å²) in [4.78, 5) is 0. The molecule has 0 saturated heterocycles. The largest absolute Gasteiger partial charge is 0.490 e. The van der Waals surface area contributed by atoms with Crippen LogP contribution < -0.4 is 4.74 Å². The van der Waals surface area contributed by atoms with Gasteiger partial charge in [0.05, 0.1) is 6.10 Å². The molecule has 0 aliphatic heterocycles. The Morgan fingerprint density at radius 2 is 1.76 bits per heavy atom. The molecule has 1 heteroatoms. The van der Waals surface area contributed by atoms with Crippen molar-refractivity contribution in [1.82, 2.24) is 0 Å². The Bertz CT molecular complexity index is 268. The molecule has 1 radical (unpaired) electrons. The second kappa shape index (κ2) is 9.09. The van der Waals surface area contributed by atoms with E-state index in [4.69, 9.17) is 4.74 Å². The number of hydrogen-bond acceptors (Lipinski definition) is 1. The Labute approximate surface area is 106 Å². The van der Waals surface area contributed by atoms with Gasteiger partial charge in [-0.15, -0.1) is 0 Å². The third-order valence-corrected chi connectivity index (χ3v) is 2.98. The van der Waals surface area contributed by atoms with Crippen LogP contribution in [0.25, 0.3) is 0 Å². The van der Waals surface area contributed by atoms with Gasteiger partial charge in [-0.3, -0.25) is 0 Å². The highest BCUT2D eigenvalue weighted by atomic mass is 16.5. The average molecular weight is 233 g/mol. The molecule has 0 aliphatic rings. The van der Waals surface area contributed by atoms with Gasteiger partial charge in [0, 0.05) is 0 Å². The fourth-order valence-corrected chi connectivity index (χ4v) is 2.03. The fraction of sp³-hybridized carbons (Fsp3) is 0.625. The minimum Gasteiger partial charge on any atom is -0.490 e. The van der Waals surface area contributed by atoms with Crippen molar-refractivity contribution in [1.29, 1.82) is 0 Å². The Morgan fingerprint density at radius 1 is 1.00 bits per heavy atom. The van der Waals surface area contributed by atoms with E-state index in [1.54, 1.807) is 0 Å². The van der Waals surface area contributed by atoms with E-state index in [2.05, 4.69) is 19.9 Å². The molecular weight excluding hydrogens is 208 g/mol. The van der Waals surface area contributed by atoms with E-state index in [1.165, 1.54) is 38.5 Å². The Kier molecular flexibility index (Phi) is 7.53. The van der Waals surface area contributed by atoms with Crippen LogP contribution in [0.4, 0.5) is 0 Å². The molecule has 17 heavy (non-hydrogen) atoms. The van der Waals surface area contributed by atoms with Crippen molar-refractivity contribution < 1.29 is 4.74 Å². The highest BCUT2D eigenvalue weighted by Gasteiger charge is 2.08. The predicted molar refractivity (Wildman–Crippen MR) is 73.4 cm³/mol. The molecule has 0 aromatic heterocycles. The van der Waals surface area contributed by atoms with Gasteiger partial charge < -0.3 is 4.74 Å². The summed E-state index contributed by atoms with van der Waals surface area (Å²) in [5.41, 5.74) is 0. The summed E-state index contributed by atoms with van der Waals surface area (Å²) in [7, 11) is 0. The maximum absolute atomic E-state index is 6.02. The topological polar surface area (TPSA) is 9.23 Å². The zero-order valence-corrected chi connectivity index (χ0v) is 11.2. The quantitative estimate of drug-likeness (QED) is 0.545. The lowest BCUT2D eigenvalue weighted by atomic mass is 10.1. The van der Waals surface area contributed by atoms with Crippen molar-refractivity contribution in [2.45, 2.75) is 64.9 Å². The Hall–Kier alpha value is -0.980. The van der Waals surface area contributed by atoms with Gasteiger partial charge in [-0.2, -0.15) is 0 Å². The molecule has 0 fully saturated rings. The summed E-state index contributed by atoms with van der Waals surface area (Å²) in [6.45, 7) is 4.47. The van der Waals surface area contributed by atoms with Crippen LogP contribution in [0.3, 0.4) is 0 Å². The molecule has 1 unspecified atom stereocenters. The summed E-state index contributed by atoms with van der Waals surface area (Å²) >= 11 is 0. The first-order valence-corrected chi connectivity index (χ1v) is 6.99. The zero-order chi connectivity index (χ0) is 12.3. The molecule has 0 aliphatic carbocycles. The molecule has 1 aromatic rings. The van der Waals surface area contributed by atoms with Gasteiger partial charge in [0.15, 0.2) is 0 Å². The lowest BCUT2D eigenvalue weighted by molar-refractivity contribution is 0.175. The second-order valence-electron chi connectivity index (χ2n) is 4.61. The van der Waals surface area contributed by atoms with Gasteiger partial charge in [-0.1, -0.05) is 51.7 Å². The summed E-state index contributed by atoms with van der Waals surface area (Å²) in [5, 5.41) is 0. The lowest BCUT2D eigenvalue weighted by Gasteiger charge is -2.18. The van der Waals surface area contributed by atoms with Crippen LogP contribution in [0, 0.1) is 6.07 Å². The van der Waals surface area contributed by atoms with Crippen molar-refractivity contribution in [2.24, 2.45) is 0 Å². The Morgan fingerprint density at radius 3 is 2.41 bits per heavy atom. The first kappa shape index (κ1) is 14.1. The fourth-order valence-electron chi connectivity index (χ4n) is 2.03. The lowest BCUT2D eigenvalue weighted by Crippen LogP contribution is -2.16. The SMILES string of the molecule is CCCCCCC(CCC)Oc1cc[c]cc1. The minimum atomic E-state index is 0.388. The smallest absolute Gasteiger partial charge is 0.119 e. The molecule has 1 nitrogen and oxygen atoms in total. The molecule has 0 bridgehead atoms. The monoisotopic (exact) mass is 233 g/mol. The van der Waals surface area contributed by atoms with Gasteiger partial charge in [0.25, 0.3) is 0 Å². The normalized spacial score (nSPS) is 12.4. The molecular formula is C16H25O. The first-order valence-electron chi connectivity index (χ1n) is 6.99. The maximum atomic E-state index is 6.02. The van der Waals surface area contributed by atoms with Crippen LogP contribution in [-0.2, 0) is 0 Å². The highest BCUT2D eigenvalue weighted by molar-refractivity contribution is 5.20. The van der Waals surface area contributed by atoms with Crippen LogP contribution in [0.2, 0.25) is 0 Å². The number of benzene rings is 1. The predicted octanol–water partition coefficient (Wildman–Crippen LogP) is 5.00. The first-order chi connectivity index (χ1) is 8.36. The molecule has 95 valence electrons. The van der Waals surface area contributed by atoms with E-state index in [1.807, 2.05) is 24.3 Å². The van der Waals surface area contributed by atoms with Gasteiger partial charge in [-0.05, 0) is 37.5 Å². The third kappa shape index (κ3) is 6.35. The standard InChI is InChI=1S/C16H25O/c1-3-5-6-8-12-15(11-4-2)17-16-13-9-7-10-14-16/h9-10,13-15H,3-6,8,11-12H2,1-2H3. The van der Waals surface area contributed by atoms with Gasteiger partial charge >= 0.3 is 0 Å². The molecule has 0 amide bonds. The molecule has 0 spiro atoms. The molecule has 1 atom stereocenters. The van der Waals surface area contributed by atoms with Crippen molar-refractivity contribution in [3.63, 3.8) is 0 Å². The van der Waals surface area contributed by atoms with Crippen LogP contribution in [0.15, 0.2) is 24.3 Å². The Balaban J connectivity index is 2.32. The summed E-state index contributed by atoms with van der Waals surface area (Å²) in [5.74, 6) is 0.984. The number of ether oxygens (including phenoxy) is 1. The van der Waals surface area contributed by atoms with Crippen molar-refractivity contribution >= 4 is 0 Å². The van der Waals surface area contributed by atoms with Crippen molar-refractivity contribution in [3.05, 3.63) is 30.3 Å². The average Bonchev–Trinajstić information content (AvgIpc) is 2.36. The molecule has 0 saturated carbocycles. The number of unbranched alkanes of at least 4 members (excludes halogenated alkanes) is 3. The molecule has 1 rings (SSSR count). The number of rotatable bonds is 9. The minimum absolute atomic E-state index is 0.388. The van der Waals surface area contributed by atoms with Crippen LogP contribution >= 0.6 is 0 Å². The van der Waals surface area contributed by atoms with E-state index < -0.39 is 0 Å². The van der Waals surface area contributed by atoms with Gasteiger partial charge in [0.1, 0.15) is 5.75 Å². The summed E-state index contributed by atoms with van der Waals surface area (Å²) in [6.07, 6.45) is 9.20. The van der Waals surface area contributed by atoms with Crippen molar-refractivity contribution in [2.75, 3.05) is 0 Å². The van der Waals surface area contributed by atoms with Crippen molar-refractivity contribution in [3.8, 4) is 5.75 Å². The van der Waals surface area contributed by atoms with Gasteiger partial charge in [0.2, 0.25) is 0 Å². The molecule has 0 heterocycles. The van der Waals surface area contributed by atoms with E-state index >= 15 is 0 Å². The second-order valence-corrected chi connectivity index (χ2v) is 4.61. The van der Waals surface area contributed by atoms with E-state index in [-0.39, 0.29) is 0 Å². The molecule has 0 N–H and O–H groups in total. The van der Waals surface area contributed by atoms with Crippen LogP contribution in [-0.4, -0.2) is 6.10 Å².